The lowest BCUT2D eigenvalue weighted by Crippen LogP contribution is -1.79. The van der Waals surface area contributed by atoms with Gasteiger partial charge >= 0.3 is 0 Å². The molecule has 11 heavy (non-hydrogen) atoms. The number of halogens is 2. The zero-order chi connectivity index (χ0) is 7.66. The van der Waals surface area contributed by atoms with Crippen LogP contribution in [0.15, 0.2) is 0 Å². The Hall–Kier alpha value is 0.580. The van der Waals surface area contributed by atoms with E-state index in [1.807, 2.05) is 0 Å². The van der Waals surface area contributed by atoms with Crippen LogP contribution in [0.25, 0.3) is 0 Å². The van der Waals surface area contributed by atoms with E-state index in [9.17, 15) is 0 Å². The third-order valence-electron chi connectivity index (χ3n) is 1.74. The van der Waals surface area contributed by atoms with E-state index in [0.29, 0.717) is 0 Å². The number of alkyl halides is 1. The van der Waals surface area contributed by atoms with Crippen molar-refractivity contribution in [2.75, 3.05) is 5.88 Å². The predicted octanol–water partition coefficient (Wildman–Crippen LogP) is 4.40. The first kappa shape index (κ1) is 14.1. The Morgan fingerprint density at radius 2 is 1.27 bits per heavy atom. The van der Waals surface area contributed by atoms with E-state index >= 15 is 0 Å². The van der Waals surface area contributed by atoms with Crippen LogP contribution in [0.4, 0.5) is 0 Å². The molecule has 0 atom stereocenters. The van der Waals surface area contributed by atoms with E-state index in [2.05, 4.69) is 6.92 Å². The molecule has 0 aliphatic rings. The van der Waals surface area contributed by atoms with Gasteiger partial charge in [0.1, 0.15) is 0 Å². The highest BCUT2D eigenvalue weighted by Gasteiger charge is 1.88. The minimum absolute atomic E-state index is 0. The van der Waals surface area contributed by atoms with E-state index in [-0.39, 0.29) is 12.4 Å². The Labute approximate surface area is 82.1 Å². The molecular formula is C9H20Cl2. The van der Waals surface area contributed by atoms with Crippen molar-refractivity contribution < 1.29 is 0 Å². The van der Waals surface area contributed by atoms with Crippen LogP contribution in [-0.2, 0) is 0 Å². The van der Waals surface area contributed by atoms with Crippen molar-refractivity contribution in [2.45, 2.75) is 51.9 Å². The van der Waals surface area contributed by atoms with Gasteiger partial charge in [0, 0.05) is 5.88 Å². The summed E-state index contributed by atoms with van der Waals surface area (Å²) in [5.74, 6) is 0.841. The van der Waals surface area contributed by atoms with Crippen molar-refractivity contribution in [1.29, 1.82) is 0 Å². The molecule has 0 fully saturated rings. The van der Waals surface area contributed by atoms with E-state index < -0.39 is 0 Å². The fourth-order valence-corrected chi connectivity index (χ4v) is 1.24. The molecule has 0 aromatic rings. The Bertz CT molecular complexity index is 47.5. The number of rotatable bonds is 7. The molecule has 0 radical (unpaired) electrons. The molecular weight excluding hydrogens is 179 g/mol. The van der Waals surface area contributed by atoms with Crippen LogP contribution in [0.2, 0.25) is 0 Å². The standard InChI is InChI=1S/C9H19Cl.ClH/c1-2-3-4-5-6-7-8-9-10;/h2-9H2,1H3;1H. The third kappa shape index (κ3) is 13.6. The van der Waals surface area contributed by atoms with Crippen LogP contribution in [-0.4, -0.2) is 5.88 Å². The molecule has 0 spiro atoms. The highest BCUT2D eigenvalue weighted by Crippen LogP contribution is 2.06. The minimum atomic E-state index is 0. The van der Waals surface area contributed by atoms with Crippen LogP contribution >= 0.6 is 24.0 Å². The smallest absolute Gasteiger partial charge is 0.0223 e. The topological polar surface area (TPSA) is 0 Å². The molecule has 0 nitrogen and oxygen atoms in total. The fourth-order valence-electron chi connectivity index (χ4n) is 1.05. The monoisotopic (exact) mass is 198 g/mol. The Balaban J connectivity index is 0. The van der Waals surface area contributed by atoms with E-state index in [0.717, 1.165) is 5.88 Å². The number of hydrogen-bond acceptors (Lipinski definition) is 0. The van der Waals surface area contributed by atoms with Crippen molar-refractivity contribution in [3.05, 3.63) is 0 Å². The first-order valence-electron chi connectivity index (χ1n) is 4.47. The van der Waals surface area contributed by atoms with Gasteiger partial charge in [0.2, 0.25) is 0 Å². The van der Waals surface area contributed by atoms with Crippen LogP contribution in [0.1, 0.15) is 51.9 Å². The van der Waals surface area contributed by atoms with E-state index in [4.69, 9.17) is 11.6 Å². The zero-order valence-corrected chi connectivity index (χ0v) is 9.02. The highest BCUT2D eigenvalue weighted by molar-refractivity contribution is 6.17. The zero-order valence-electron chi connectivity index (χ0n) is 7.44. The lowest BCUT2D eigenvalue weighted by molar-refractivity contribution is 0.603. The summed E-state index contributed by atoms with van der Waals surface area (Å²) < 4.78 is 0. The molecule has 0 rings (SSSR count). The summed E-state index contributed by atoms with van der Waals surface area (Å²) >= 11 is 5.54. The summed E-state index contributed by atoms with van der Waals surface area (Å²) in [6.07, 6.45) is 9.48. The third-order valence-corrected chi connectivity index (χ3v) is 2.00. The molecule has 0 N–H and O–H groups in total. The van der Waals surface area contributed by atoms with Crippen LogP contribution in [0.3, 0.4) is 0 Å². The van der Waals surface area contributed by atoms with Gasteiger partial charge in [-0.25, -0.2) is 0 Å². The fraction of sp³-hybridized carbons (Fsp3) is 1.00. The van der Waals surface area contributed by atoms with Crippen molar-refractivity contribution >= 4 is 24.0 Å². The summed E-state index contributed by atoms with van der Waals surface area (Å²) in [4.78, 5) is 0. The normalized spacial score (nSPS) is 9.27. The van der Waals surface area contributed by atoms with Crippen LogP contribution in [0.5, 0.6) is 0 Å². The molecule has 0 heterocycles. The molecule has 0 bridgehead atoms. The van der Waals surface area contributed by atoms with Crippen molar-refractivity contribution in [3.8, 4) is 0 Å². The van der Waals surface area contributed by atoms with Gasteiger partial charge in [-0.3, -0.25) is 0 Å². The molecule has 0 aromatic heterocycles. The molecule has 0 aromatic carbocycles. The summed E-state index contributed by atoms with van der Waals surface area (Å²) in [5.41, 5.74) is 0. The molecule has 2 heteroatoms. The maximum absolute atomic E-state index is 5.54. The molecule has 0 aliphatic heterocycles. The van der Waals surface area contributed by atoms with Crippen LogP contribution in [0, 0.1) is 0 Å². The van der Waals surface area contributed by atoms with Gasteiger partial charge in [-0.2, -0.15) is 0 Å². The summed E-state index contributed by atoms with van der Waals surface area (Å²) in [6.45, 7) is 2.25. The van der Waals surface area contributed by atoms with E-state index in [1.54, 1.807) is 0 Å². The Kier molecular flexibility index (Phi) is 16.9. The molecule has 0 amide bonds. The van der Waals surface area contributed by atoms with Gasteiger partial charge < -0.3 is 0 Å². The Morgan fingerprint density at radius 3 is 1.73 bits per heavy atom. The molecule has 0 unspecified atom stereocenters. The van der Waals surface area contributed by atoms with Gasteiger partial charge in [-0.1, -0.05) is 45.4 Å². The lowest BCUT2D eigenvalue weighted by atomic mass is 10.1. The quantitative estimate of drug-likeness (QED) is 0.421. The maximum Gasteiger partial charge on any atom is 0.0223 e. The van der Waals surface area contributed by atoms with Crippen molar-refractivity contribution in [3.63, 3.8) is 0 Å². The van der Waals surface area contributed by atoms with Gasteiger partial charge in [0.15, 0.2) is 0 Å². The average molecular weight is 199 g/mol. The number of hydrogen-bond donors (Lipinski definition) is 0. The first-order chi connectivity index (χ1) is 4.91. The lowest BCUT2D eigenvalue weighted by Gasteiger charge is -1.97. The first-order valence-corrected chi connectivity index (χ1v) is 5.01. The summed E-state index contributed by atoms with van der Waals surface area (Å²) in [5, 5.41) is 0. The van der Waals surface area contributed by atoms with Crippen LogP contribution < -0.4 is 0 Å². The van der Waals surface area contributed by atoms with Gasteiger partial charge in [0.05, 0.1) is 0 Å². The molecule has 0 saturated heterocycles. The van der Waals surface area contributed by atoms with Gasteiger partial charge in [-0.15, -0.1) is 24.0 Å². The predicted molar refractivity (Wildman–Crippen MR) is 56.0 cm³/mol. The van der Waals surface area contributed by atoms with E-state index in [1.165, 1.54) is 44.9 Å². The highest BCUT2D eigenvalue weighted by atomic mass is 35.5. The second kappa shape index (κ2) is 13.2. The Morgan fingerprint density at radius 1 is 0.818 bits per heavy atom. The van der Waals surface area contributed by atoms with Crippen molar-refractivity contribution in [2.24, 2.45) is 0 Å². The molecule has 70 valence electrons. The molecule has 0 aliphatic carbocycles. The molecule has 0 saturated carbocycles. The average Bonchev–Trinajstić information content (AvgIpc) is 1.97. The SMILES string of the molecule is CCCCCCCCCCl.Cl. The second-order valence-electron chi connectivity index (χ2n) is 2.81. The number of unbranched alkanes of at least 4 members (excludes halogenated alkanes) is 6. The minimum Gasteiger partial charge on any atom is -0.147 e. The van der Waals surface area contributed by atoms with Gasteiger partial charge in [-0.05, 0) is 6.42 Å². The van der Waals surface area contributed by atoms with Gasteiger partial charge in [0.25, 0.3) is 0 Å². The summed E-state index contributed by atoms with van der Waals surface area (Å²) in [6, 6.07) is 0. The maximum atomic E-state index is 5.54. The second-order valence-corrected chi connectivity index (χ2v) is 3.19. The van der Waals surface area contributed by atoms with Crippen molar-refractivity contribution in [1.82, 2.24) is 0 Å². The summed E-state index contributed by atoms with van der Waals surface area (Å²) in [7, 11) is 0. The largest absolute Gasteiger partial charge is 0.147 e.